The van der Waals surface area contributed by atoms with Crippen molar-refractivity contribution < 1.29 is 19.1 Å². The number of amides is 2. The first kappa shape index (κ1) is 20.1. The van der Waals surface area contributed by atoms with Crippen molar-refractivity contribution in [3.63, 3.8) is 0 Å². The van der Waals surface area contributed by atoms with Crippen molar-refractivity contribution in [3.8, 4) is 5.75 Å². The van der Waals surface area contributed by atoms with E-state index in [9.17, 15) is 9.59 Å². The van der Waals surface area contributed by atoms with Gasteiger partial charge in [-0.1, -0.05) is 30.3 Å². The molecule has 1 saturated heterocycles. The summed E-state index contributed by atoms with van der Waals surface area (Å²) < 4.78 is 10.6. The Kier molecular flexibility index (Phi) is 6.11. The van der Waals surface area contributed by atoms with Crippen LogP contribution in [0.15, 0.2) is 60.3 Å². The summed E-state index contributed by atoms with van der Waals surface area (Å²) in [7, 11) is 1.59. The molecule has 0 saturated carbocycles. The topological polar surface area (TPSA) is 71.1 Å². The molecule has 2 amide bonds. The molecule has 0 atom stereocenters. The molecule has 0 aliphatic carbocycles. The number of morpholine rings is 1. The van der Waals surface area contributed by atoms with Crippen molar-refractivity contribution in [2.24, 2.45) is 0 Å². The fourth-order valence-electron chi connectivity index (χ4n) is 3.65. The highest BCUT2D eigenvalue weighted by Crippen LogP contribution is 2.31. The number of nitrogens with zero attached hydrogens (tertiary/aromatic N) is 2. The van der Waals surface area contributed by atoms with Gasteiger partial charge in [-0.15, -0.1) is 0 Å². The van der Waals surface area contributed by atoms with E-state index in [1.165, 1.54) is 4.90 Å². The average molecular weight is 407 g/mol. The molecule has 2 aromatic carbocycles. The third-order valence-electron chi connectivity index (χ3n) is 5.33. The summed E-state index contributed by atoms with van der Waals surface area (Å²) in [5, 5.41) is 3.17. The molecule has 0 radical (unpaired) electrons. The van der Waals surface area contributed by atoms with Crippen molar-refractivity contribution in [1.82, 2.24) is 9.80 Å². The lowest BCUT2D eigenvalue weighted by Crippen LogP contribution is -2.43. The van der Waals surface area contributed by atoms with Crippen LogP contribution >= 0.6 is 0 Å². The molecule has 1 fully saturated rings. The minimum absolute atomic E-state index is 0.281. The van der Waals surface area contributed by atoms with Crippen LogP contribution in [0.5, 0.6) is 5.75 Å². The number of imide groups is 1. The number of carbonyl (C=O) groups excluding carboxylic acids is 2. The number of benzene rings is 2. The molecule has 30 heavy (non-hydrogen) atoms. The minimum Gasteiger partial charge on any atom is -0.497 e. The smallest absolute Gasteiger partial charge is 0.278 e. The summed E-state index contributed by atoms with van der Waals surface area (Å²) in [5.41, 5.74) is 2.13. The van der Waals surface area contributed by atoms with E-state index < -0.39 is 0 Å². The number of ether oxygens (including phenoxy) is 2. The van der Waals surface area contributed by atoms with Gasteiger partial charge in [0.2, 0.25) is 0 Å². The molecule has 1 N–H and O–H groups in total. The number of methoxy groups -OCH3 is 1. The molecular weight excluding hydrogens is 382 g/mol. The fourth-order valence-corrected chi connectivity index (χ4v) is 3.65. The lowest BCUT2D eigenvalue weighted by molar-refractivity contribution is -0.137. The van der Waals surface area contributed by atoms with Crippen LogP contribution in [0.4, 0.5) is 5.69 Å². The summed E-state index contributed by atoms with van der Waals surface area (Å²) >= 11 is 0. The number of rotatable bonds is 7. The van der Waals surface area contributed by atoms with Gasteiger partial charge in [-0.25, -0.2) is 0 Å². The minimum atomic E-state index is -0.303. The molecule has 7 heteroatoms. The molecule has 4 rings (SSSR count). The second-order valence-electron chi connectivity index (χ2n) is 7.19. The number of carbonyl (C=O) groups is 2. The van der Waals surface area contributed by atoms with Gasteiger partial charge in [0.05, 0.1) is 25.9 Å². The van der Waals surface area contributed by atoms with Crippen LogP contribution in [-0.4, -0.2) is 68.1 Å². The molecule has 0 aromatic heterocycles. The maximum absolute atomic E-state index is 13.3. The average Bonchev–Trinajstić information content (AvgIpc) is 3.03. The van der Waals surface area contributed by atoms with Gasteiger partial charge in [0.15, 0.2) is 0 Å². The van der Waals surface area contributed by atoms with Crippen molar-refractivity contribution in [2.75, 3.05) is 51.8 Å². The number of anilines is 1. The van der Waals surface area contributed by atoms with E-state index in [0.29, 0.717) is 48.9 Å². The third-order valence-corrected chi connectivity index (χ3v) is 5.33. The molecule has 2 aliphatic rings. The highest BCUT2D eigenvalue weighted by molar-refractivity contribution is 6.36. The second-order valence-corrected chi connectivity index (χ2v) is 7.19. The van der Waals surface area contributed by atoms with Gasteiger partial charge in [0.1, 0.15) is 11.4 Å². The van der Waals surface area contributed by atoms with Gasteiger partial charge >= 0.3 is 0 Å². The summed E-state index contributed by atoms with van der Waals surface area (Å²) in [5.74, 6) is 0.109. The summed E-state index contributed by atoms with van der Waals surface area (Å²) in [4.78, 5) is 30.0. The maximum atomic E-state index is 13.3. The van der Waals surface area contributed by atoms with E-state index in [2.05, 4.69) is 10.2 Å². The molecule has 0 unspecified atom stereocenters. The van der Waals surface area contributed by atoms with Crippen LogP contribution in [-0.2, 0) is 14.3 Å². The Morgan fingerprint density at radius 1 is 0.933 bits per heavy atom. The zero-order valence-electron chi connectivity index (χ0n) is 17.0. The number of hydrogen-bond acceptors (Lipinski definition) is 6. The first-order valence-electron chi connectivity index (χ1n) is 10.0. The largest absolute Gasteiger partial charge is 0.497 e. The lowest BCUT2D eigenvalue weighted by atomic mass is 10.0. The monoisotopic (exact) mass is 407 g/mol. The predicted molar refractivity (Wildman–Crippen MR) is 114 cm³/mol. The van der Waals surface area contributed by atoms with Crippen LogP contribution in [0.3, 0.4) is 0 Å². The van der Waals surface area contributed by atoms with Crippen molar-refractivity contribution in [2.45, 2.75) is 0 Å². The molecule has 0 spiro atoms. The number of para-hydroxylation sites is 1. The van der Waals surface area contributed by atoms with Crippen LogP contribution in [0.1, 0.15) is 5.56 Å². The zero-order valence-corrected chi connectivity index (χ0v) is 17.0. The maximum Gasteiger partial charge on any atom is 0.278 e. The van der Waals surface area contributed by atoms with Crippen LogP contribution in [0.25, 0.3) is 5.57 Å². The standard InChI is InChI=1S/C23H25N3O4/c1-29-19-9-7-17(8-10-19)20-21(24-18-5-3-2-4-6-18)23(28)26(22(20)27)12-11-25-13-15-30-16-14-25/h2-10,24H,11-16H2,1H3. The molecule has 2 aliphatic heterocycles. The van der Waals surface area contributed by atoms with Gasteiger partial charge in [0.25, 0.3) is 11.8 Å². The summed E-state index contributed by atoms with van der Waals surface area (Å²) in [6.45, 7) is 3.96. The Balaban J connectivity index is 1.61. The first-order valence-corrected chi connectivity index (χ1v) is 10.0. The molecule has 0 bridgehead atoms. The second kappa shape index (κ2) is 9.11. The third kappa shape index (κ3) is 4.22. The molecule has 156 valence electrons. The molecule has 2 heterocycles. The quantitative estimate of drug-likeness (QED) is 0.710. The normalized spacial score (nSPS) is 17.6. The highest BCUT2D eigenvalue weighted by atomic mass is 16.5. The van der Waals surface area contributed by atoms with Gasteiger partial charge < -0.3 is 14.8 Å². The zero-order chi connectivity index (χ0) is 20.9. The van der Waals surface area contributed by atoms with Crippen LogP contribution in [0, 0.1) is 0 Å². The van der Waals surface area contributed by atoms with Gasteiger partial charge in [0, 0.05) is 31.9 Å². The lowest BCUT2D eigenvalue weighted by Gasteiger charge is -2.28. The number of hydrogen-bond donors (Lipinski definition) is 1. The van der Waals surface area contributed by atoms with Gasteiger partial charge in [-0.3, -0.25) is 19.4 Å². The Hall–Kier alpha value is -3.16. The van der Waals surface area contributed by atoms with Crippen LogP contribution in [0.2, 0.25) is 0 Å². The van der Waals surface area contributed by atoms with Gasteiger partial charge in [-0.2, -0.15) is 0 Å². The van der Waals surface area contributed by atoms with Crippen LogP contribution < -0.4 is 10.1 Å². The Bertz CT molecular complexity index is 935. The summed E-state index contributed by atoms with van der Waals surface area (Å²) in [6, 6.07) is 16.6. The Morgan fingerprint density at radius 3 is 2.30 bits per heavy atom. The van der Waals surface area contributed by atoms with Crippen molar-refractivity contribution in [1.29, 1.82) is 0 Å². The van der Waals surface area contributed by atoms with E-state index in [1.807, 2.05) is 30.3 Å². The SMILES string of the molecule is COc1ccc(C2=C(Nc3ccccc3)C(=O)N(CCN3CCOCC3)C2=O)cc1. The van der Waals surface area contributed by atoms with E-state index in [1.54, 1.807) is 31.4 Å². The highest BCUT2D eigenvalue weighted by Gasteiger charge is 2.39. The molecule has 7 nitrogen and oxygen atoms in total. The van der Waals surface area contributed by atoms with E-state index in [4.69, 9.17) is 9.47 Å². The molecule has 2 aromatic rings. The van der Waals surface area contributed by atoms with Gasteiger partial charge in [-0.05, 0) is 29.8 Å². The number of nitrogens with one attached hydrogen (secondary N) is 1. The Labute approximate surface area is 175 Å². The van der Waals surface area contributed by atoms with Crippen molar-refractivity contribution in [3.05, 3.63) is 65.9 Å². The Morgan fingerprint density at radius 2 is 1.63 bits per heavy atom. The fraction of sp³-hybridized carbons (Fsp3) is 0.304. The predicted octanol–water partition coefficient (Wildman–Crippen LogP) is 2.22. The first-order chi connectivity index (χ1) is 14.7. The molecular formula is C23H25N3O4. The van der Waals surface area contributed by atoms with E-state index >= 15 is 0 Å². The van der Waals surface area contributed by atoms with E-state index in [0.717, 1.165) is 18.8 Å². The van der Waals surface area contributed by atoms with E-state index in [-0.39, 0.29) is 11.8 Å². The summed E-state index contributed by atoms with van der Waals surface area (Å²) in [6.07, 6.45) is 0. The van der Waals surface area contributed by atoms with Crippen molar-refractivity contribution >= 4 is 23.1 Å².